The summed E-state index contributed by atoms with van der Waals surface area (Å²) in [6, 6.07) is 11.2. The van der Waals surface area contributed by atoms with Crippen molar-refractivity contribution < 1.29 is 18.9 Å². The second-order valence-electron chi connectivity index (χ2n) is 11.7. The minimum Gasteiger partial charge on any atom is -0.490 e. The van der Waals surface area contributed by atoms with Gasteiger partial charge in [-0.2, -0.15) is 0 Å². The lowest BCUT2D eigenvalue weighted by Gasteiger charge is -2.13. The van der Waals surface area contributed by atoms with Gasteiger partial charge in [0.1, 0.15) is 10.7 Å². The van der Waals surface area contributed by atoms with Crippen LogP contribution in [0.4, 0.5) is 0 Å². The Balaban J connectivity index is 1.88. The Bertz CT molecular complexity index is 1440. The summed E-state index contributed by atoms with van der Waals surface area (Å²) in [4.78, 5) is 31.7. The van der Waals surface area contributed by atoms with Crippen molar-refractivity contribution in [3.05, 3.63) is 78.9 Å². The van der Waals surface area contributed by atoms with E-state index in [0.29, 0.717) is 49.4 Å². The van der Waals surface area contributed by atoms with Crippen LogP contribution in [0.2, 0.25) is 0 Å². The largest absolute Gasteiger partial charge is 0.490 e. The molecular weight excluding hydrogens is 580 g/mol. The molecule has 0 spiro atoms. The molecule has 2 aromatic carbocycles. The summed E-state index contributed by atoms with van der Waals surface area (Å²) in [6.07, 6.45) is 16.0. The molecule has 8 heteroatoms. The van der Waals surface area contributed by atoms with E-state index in [-0.39, 0.29) is 10.7 Å². The lowest BCUT2D eigenvalue weighted by Crippen LogP contribution is -2.46. The van der Waals surface area contributed by atoms with Crippen molar-refractivity contribution in [2.24, 2.45) is 0 Å². The predicted molar refractivity (Wildman–Crippen MR) is 187 cm³/mol. The minimum absolute atomic E-state index is 0.159. The van der Waals surface area contributed by atoms with Crippen molar-refractivity contribution in [3.8, 4) is 23.0 Å². The zero-order valence-corrected chi connectivity index (χ0v) is 28.4. The van der Waals surface area contributed by atoms with Gasteiger partial charge >= 0.3 is 0 Å². The maximum atomic E-state index is 13.1. The van der Waals surface area contributed by atoms with Gasteiger partial charge in [0.25, 0.3) is 11.1 Å². The summed E-state index contributed by atoms with van der Waals surface area (Å²) in [5, 5.41) is 0.318. The molecule has 8 nitrogen and oxygen atoms in total. The average molecular weight is 635 g/mol. The van der Waals surface area contributed by atoms with E-state index >= 15 is 0 Å². The maximum absolute atomic E-state index is 13.1. The van der Waals surface area contributed by atoms with Gasteiger partial charge in [-0.1, -0.05) is 91.2 Å². The van der Waals surface area contributed by atoms with Gasteiger partial charge in [-0.15, -0.1) is 0 Å². The Labute approximate surface area is 273 Å². The average Bonchev–Trinajstić information content (AvgIpc) is 3.05. The van der Waals surface area contributed by atoms with Crippen LogP contribution in [-0.2, 0) is 0 Å². The van der Waals surface area contributed by atoms with Crippen LogP contribution >= 0.6 is 0 Å². The summed E-state index contributed by atoms with van der Waals surface area (Å²) in [7, 11) is 0. The molecule has 1 heterocycles. The SMILES string of the molecule is CCCCCOc1ccc(/C=c2\[nH]c(=O)/c(=C/c3ccc(OCCCCC)c(OCCCCC)c3)[nH]c2=O)cc1OCCCCC. The van der Waals surface area contributed by atoms with Crippen LogP contribution in [0, 0.1) is 0 Å². The molecule has 1 aromatic heterocycles. The molecule has 0 aliphatic rings. The van der Waals surface area contributed by atoms with Crippen molar-refractivity contribution >= 4 is 12.2 Å². The number of H-pyrrole nitrogens is 2. The van der Waals surface area contributed by atoms with Gasteiger partial charge in [0, 0.05) is 0 Å². The summed E-state index contributed by atoms with van der Waals surface area (Å²) in [5.41, 5.74) is 0.651. The highest BCUT2D eigenvalue weighted by Gasteiger charge is 2.09. The molecule has 0 amide bonds. The molecule has 0 unspecified atom stereocenters. The molecule has 3 aromatic rings. The number of hydrogen-bond acceptors (Lipinski definition) is 6. The Kier molecular flexibility index (Phi) is 16.6. The summed E-state index contributed by atoms with van der Waals surface area (Å²) >= 11 is 0. The normalized spacial score (nSPS) is 12.0. The van der Waals surface area contributed by atoms with E-state index in [9.17, 15) is 9.59 Å². The van der Waals surface area contributed by atoms with Gasteiger partial charge in [-0.3, -0.25) is 9.59 Å². The second kappa shape index (κ2) is 21.0. The number of aromatic amines is 2. The zero-order valence-electron chi connectivity index (χ0n) is 28.4. The van der Waals surface area contributed by atoms with E-state index in [1.807, 2.05) is 36.4 Å². The Morgan fingerprint density at radius 1 is 0.478 bits per heavy atom. The number of rotatable bonds is 22. The summed E-state index contributed by atoms with van der Waals surface area (Å²) < 4.78 is 24.2. The van der Waals surface area contributed by atoms with Gasteiger partial charge < -0.3 is 28.9 Å². The first-order chi connectivity index (χ1) is 22.5. The highest BCUT2D eigenvalue weighted by Crippen LogP contribution is 2.30. The second-order valence-corrected chi connectivity index (χ2v) is 11.7. The van der Waals surface area contributed by atoms with Crippen molar-refractivity contribution in [2.45, 2.75) is 105 Å². The van der Waals surface area contributed by atoms with Crippen LogP contribution in [0.3, 0.4) is 0 Å². The Hall–Kier alpha value is -3.94. The molecule has 0 fully saturated rings. The first-order valence-electron chi connectivity index (χ1n) is 17.3. The zero-order chi connectivity index (χ0) is 33.0. The van der Waals surface area contributed by atoms with Crippen molar-refractivity contribution in [1.29, 1.82) is 0 Å². The van der Waals surface area contributed by atoms with Gasteiger partial charge in [-0.25, -0.2) is 0 Å². The number of hydrogen-bond donors (Lipinski definition) is 2. The number of nitrogens with one attached hydrogen (secondary N) is 2. The fourth-order valence-electron chi connectivity index (χ4n) is 4.86. The molecule has 0 aliphatic carbocycles. The molecule has 252 valence electrons. The first-order valence-corrected chi connectivity index (χ1v) is 17.3. The first kappa shape index (κ1) is 36.5. The predicted octanol–water partition coefficient (Wildman–Crippen LogP) is 7.00. The highest BCUT2D eigenvalue weighted by atomic mass is 16.5. The molecule has 3 rings (SSSR count). The quantitative estimate of drug-likeness (QED) is 0.115. The van der Waals surface area contributed by atoms with Crippen molar-refractivity contribution in [1.82, 2.24) is 9.97 Å². The third-order valence-corrected chi connectivity index (χ3v) is 7.57. The van der Waals surface area contributed by atoms with Gasteiger partial charge in [-0.05, 0) is 73.2 Å². The molecule has 46 heavy (non-hydrogen) atoms. The maximum Gasteiger partial charge on any atom is 0.272 e. The van der Waals surface area contributed by atoms with Crippen LogP contribution in [-0.4, -0.2) is 36.4 Å². The molecule has 0 radical (unpaired) electrons. The number of aromatic nitrogens is 2. The van der Waals surface area contributed by atoms with E-state index in [1.54, 1.807) is 12.2 Å². The molecule has 2 N–H and O–H groups in total. The summed E-state index contributed by atoms with van der Waals surface area (Å²) in [6.45, 7) is 11.0. The smallest absolute Gasteiger partial charge is 0.272 e. The number of benzene rings is 2. The van der Waals surface area contributed by atoms with Crippen LogP contribution in [0.1, 0.15) is 116 Å². The van der Waals surface area contributed by atoms with Crippen molar-refractivity contribution in [2.75, 3.05) is 26.4 Å². The molecule has 0 bridgehead atoms. The van der Waals surface area contributed by atoms with E-state index < -0.39 is 11.1 Å². The van der Waals surface area contributed by atoms with E-state index in [1.165, 1.54) is 0 Å². The molecule has 0 atom stereocenters. The monoisotopic (exact) mass is 634 g/mol. The molecule has 0 saturated heterocycles. The molecular formula is C38H54N2O6. The van der Waals surface area contributed by atoms with Gasteiger partial charge in [0.15, 0.2) is 23.0 Å². The van der Waals surface area contributed by atoms with E-state index in [2.05, 4.69) is 37.7 Å². The van der Waals surface area contributed by atoms with Gasteiger partial charge in [0.05, 0.1) is 26.4 Å². The topological polar surface area (TPSA) is 103 Å². The number of unbranched alkanes of at least 4 members (excludes halogenated alkanes) is 8. The minimum atomic E-state index is -0.400. The fraction of sp³-hybridized carbons (Fsp3) is 0.526. The van der Waals surface area contributed by atoms with Crippen LogP contribution < -0.4 is 40.8 Å². The lowest BCUT2D eigenvalue weighted by molar-refractivity contribution is 0.259. The third kappa shape index (κ3) is 12.5. The molecule has 0 aliphatic heterocycles. The third-order valence-electron chi connectivity index (χ3n) is 7.57. The van der Waals surface area contributed by atoms with E-state index in [4.69, 9.17) is 18.9 Å². The fourth-order valence-corrected chi connectivity index (χ4v) is 4.86. The van der Waals surface area contributed by atoms with E-state index in [0.717, 1.165) is 88.2 Å². The standard InChI is InChI=1S/C38H54N2O6/c1-5-9-13-21-43-33-19-17-29(27-35(33)45-23-15-11-7-3)25-31-37(41)40-32(38(42)39-31)26-30-18-20-34(44-22-14-10-6-2)36(28-30)46-24-16-12-8-4/h17-20,25-28H,5-16,21-24H2,1-4H3,(H,39,42)(H,40,41)/b31-25-,32-26-. The molecule has 0 saturated carbocycles. The highest BCUT2D eigenvalue weighted by molar-refractivity contribution is 5.56. The van der Waals surface area contributed by atoms with Gasteiger partial charge in [0.2, 0.25) is 0 Å². The lowest BCUT2D eigenvalue weighted by atomic mass is 10.1. The van der Waals surface area contributed by atoms with Crippen LogP contribution in [0.25, 0.3) is 12.2 Å². The summed E-state index contributed by atoms with van der Waals surface area (Å²) in [5.74, 6) is 2.64. The number of ether oxygens (including phenoxy) is 4. The van der Waals surface area contributed by atoms with Crippen LogP contribution in [0.15, 0.2) is 46.0 Å². The van der Waals surface area contributed by atoms with Crippen LogP contribution in [0.5, 0.6) is 23.0 Å². The van der Waals surface area contributed by atoms with Crippen molar-refractivity contribution in [3.63, 3.8) is 0 Å². The Morgan fingerprint density at radius 3 is 1.13 bits per heavy atom. The Morgan fingerprint density at radius 2 is 0.804 bits per heavy atom.